The molecule has 1 aromatic heterocycles. The molecular weight excluding hydrogens is 390 g/mol. The number of rotatable bonds is 5. The number of nitrogens with one attached hydrogen (secondary N) is 2. The van der Waals surface area contributed by atoms with Crippen LogP contribution in [0.1, 0.15) is 28.5 Å². The van der Waals surface area contributed by atoms with Crippen molar-refractivity contribution in [3.05, 3.63) is 64.3 Å². The van der Waals surface area contributed by atoms with Gasteiger partial charge in [0, 0.05) is 52.3 Å². The maximum atomic E-state index is 12.7. The molecular formula is C22H22ClN3O3. The Labute approximate surface area is 173 Å². The number of hydrogen-bond acceptors (Lipinski definition) is 3. The summed E-state index contributed by atoms with van der Waals surface area (Å²) < 4.78 is 5.37. The second-order valence-electron chi connectivity index (χ2n) is 6.98. The second kappa shape index (κ2) is 8.17. The molecule has 150 valence electrons. The molecule has 2 heterocycles. The highest BCUT2D eigenvalue weighted by atomic mass is 35.5. The first kappa shape index (κ1) is 19.3. The molecule has 0 spiro atoms. The van der Waals surface area contributed by atoms with Crippen molar-refractivity contribution in [1.29, 1.82) is 0 Å². The maximum absolute atomic E-state index is 12.7. The van der Waals surface area contributed by atoms with Crippen LogP contribution in [0.3, 0.4) is 0 Å². The molecule has 0 atom stereocenters. The molecule has 2 amide bonds. The number of H-pyrrole nitrogens is 1. The third-order valence-electron chi connectivity index (χ3n) is 5.12. The first-order valence-electron chi connectivity index (χ1n) is 9.63. The van der Waals surface area contributed by atoms with Gasteiger partial charge in [-0.05, 0) is 49.4 Å². The van der Waals surface area contributed by atoms with Crippen LogP contribution in [0.5, 0.6) is 5.75 Å². The van der Waals surface area contributed by atoms with E-state index >= 15 is 0 Å². The summed E-state index contributed by atoms with van der Waals surface area (Å²) in [5.41, 5.74) is 3.76. The summed E-state index contributed by atoms with van der Waals surface area (Å²) >= 11 is 6.14. The van der Waals surface area contributed by atoms with E-state index in [1.807, 2.05) is 25.1 Å². The summed E-state index contributed by atoms with van der Waals surface area (Å²) in [6, 6.07) is 12.6. The highest BCUT2D eigenvalue weighted by Gasteiger charge is 2.24. The van der Waals surface area contributed by atoms with Crippen molar-refractivity contribution in [3.8, 4) is 5.75 Å². The van der Waals surface area contributed by atoms with Crippen molar-refractivity contribution < 1.29 is 14.3 Å². The molecule has 3 aromatic rings. The summed E-state index contributed by atoms with van der Waals surface area (Å²) in [4.78, 5) is 30.2. The number of aromatic amines is 1. The monoisotopic (exact) mass is 411 g/mol. The molecule has 0 fully saturated rings. The number of fused-ring (bicyclic) bond motifs is 3. The molecule has 2 N–H and O–H groups in total. The standard InChI is InChI=1S/C22H22ClN3O3/c1-2-29-16-6-3-14(4-7-16)22(28)24-12-21(27)26-10-9-20-18(13-26)17-11-15(23)5-8-19(17)25-20/h3-8,11,25H,2,9-10,12-13H2,1H3,(H,24,28). The van der Waals surface area contributed by atoms with Crippen molar-refractivity contribution in [2.45, 2.75) is 19.9 Å². The molecule has 7 heteroatoms. The number of amides is 2. The Morgan fingerprint density at radius 3 is 2.76 bits per heavy atom. The van der Waals surface area contributed by atoms with Gasteiger partial charge in [0.1, 0.15) is 5.75 Å². The van der Waals surface area contributed by atoms with Crippen LogP contribution in [0.4, 0.5) is 0 Å². The van der Waals surface area contributed by atoms with E-state index < -0.39 is 0 Å². The number of aromatic nitrogens is 1. The number of nitrogens with zero attached hydrogens (tertiary/aromatic N) is 1. The van der Waals surface area contributed by atoms with Gasteiger partial charge in [-0.2, -0.15) is 0 Å². The molecule has 4 rings (SSSR count). The SMILES string of the molecule is CCOc1ccc(C(=O)NCC(=O)N2CCc3[nH]c4ccc(Cl)cc4c3C2)cc1. The molecule has 0 saturated carbocycles. The van der Waals surface area contributed by atoms with E-state index in [2.05, 4.69) is 10.3 Å². The molecule has 29 heavy (non-hydrogen) atoms. The van der Waals surface area contributed by atoms with Gasteiger partial charge in [-0.3, -0.25) is 9.59 Å². The Balaban J connectivity index is 1.39. The van der Waals surface area contributed by atoms with Gasteiger partial charge in [0.2, 0.25) is 5.91 Å². The van der Waals surface area contributed by atoms with Crippen molar-refractivity contribution >= 4 is 34.3 Å². The quantitative estimate of drug-likeness (QED) is 0.674. The predicted octanol–water partition coefficient (Wildman–Crippen LogP) is 3.53. The van der Waals surface area contributed by atoms with Crippen molar-refractivity contribution in [3.63, 3.8) is 0 Å². The molecule has 0 radical (unpaired) electrons. The average molecular weight is 412 g/mol. The Hall–Kier alpha value is -2.99. The zero-order valence-corrected chi connectivity index (χ0v) is 16.9. The highest BCUT2D eigenvalue weighted by Crippen LogP contribution is 2.29. The molecule has 0 unspecified atom stereocenters. The lowest BCUT2D eigenvalue weighted by atomic mass is 10.0. The number of carbonyl (C=O) groups excluding carboxylic acids is 2. The number of halogens is 1. The Morgan fingerprint density at radius 1 is 1.21 bits per heavy atom. The number of carbonyl (C=O) groups is 2. The number of hydrogen-bond donors (Lipinski definition) is 2. The van der Waals surface area contributed by atoms with Gasteiger partial charge < -0.3 is 19.9 Å². The van der Waals surface area contributed by atoms with E-state index in [1.54, 1.807) is 29.2 Å². The van der Waals surface area contributed by atoms with Crippen LogP contribution in [0.15, 0.2) is 42.5 Å². The van der Waals surface area contributed by atoms with E-state index in [0.717, 1.165) is 28.6 Å². The zero-order chi connectivity index (χ0) is 20.4. The minimum absolute atomic E-state index is 0.0372. The highest BCUT2D eigenvalue weighted by molar-refractivity contribution is 6.31. The molecule has 0 saturated heterocycles. The fraction of sp³-hybridized carbons (Fsp3) is 0.273. The van der Waals surface area contributed by atoms with Gasteiger partial charge in [0.25, 0.3) is 5.91 Å². The number of benzene rings is 2. The average Bonchev–Trinajstić information content (AvgIpc) is 3.09. The summed E-state index contributed by atoms with van der Waals surface area (Å²) in [5, 5.41) is 4.43. The van der Waals surface area contributed by atoms with E-state index in [1.165, 1.54) is 0 Å². The third kappa shape index (κ3) is 4.07. The first-order valence-corrected chi connectivity index (χ1v) is 10.0. The summed E-state index contributed by atoms with van der Waals surface area (Å²) in [6.45, 7) is 3.56. The molecule has 1 aliphatic rings. The largest absolute Gasteiger partial charge is 0.494 e. The van der Waals surface area contributed by atoms with Crippen LogP contribution in [0.25, 0.3) is 10.9 Å². The van der Waals surface area contributed by atoms with Gasteiger partial charge >= 0.3 is 0 Å². The topological polar surface area (TPSA) is 74.4 Å². The third-order valence-corrected chi connectivity index (χ3v) is 5.35. The maximum Gasteiger partial charge on any atom is 0.251 e. The van der Waals surface area contributed by atoms with E-state index in [4.69, 9.17) is 16.3 Å². The van der Waals surface area contributed by atoms with E-state index in [0.29, 0.717) is 36.0 Å². The first-order chi connectivity index (χ1) is 14.0. The smallest absolute Gasteiger partial charge is 0.251 e. The summed E-state index contributed by atoms with van der Waals surface area (Å²) in [7, 11) is 0. The molecule has 1 aliphatic heterocycles. The number of ether oxygens (including phenoxy) is 1. The predicted molar refractivity (Wildman–Crippen MR) is 112 cm³/mol. The fourth-order valence-corrected chi connectivity index (χ4v) is 3.81. The van der Waals surface area contributed by atoms with Crippen LogP contribution in [-0.4, -0.2) is 41.4 Å². The Morgan fingerprint density at radius 2 is 2.00 bits per heavy atom. The lowest BCUT2D eigenvalue weighted by Crippen LogP contribution is -2.42. The minimum Gasteiger partial charge on any atom is -0.494 e. The van der Waals surface area contributed by atoms with Gasteiger partial charge in [0.05, 0.1) is 13.2 Å². The normalized spacial score (nSPS) is 13.2. The van der Waals surface area contributed by atoms with Crippen molar-refractivity contribution in [2.24, 2.45) is 0 Å². The van der Waals surface area contributed by atoms with Crippen LogP contribution in [-0.2, 0) is 17.8 Å². The Bertz CT molecular complexity index is 1060. The fourth-order valence-electron chi connectivity index (χ4n) is 3.64. The van der Waals surface area contributed by atoms with Crippen LogP contribution in [0.2, 0.25) is 5.02 Å². The molecule has 0 aliphatic carbocycles. The summed E-state index contributed by atoms with van der Waals surface area (Å²) in [5.74, 6) is 0.326. The van der Waals surface area contributed by atoms with Crippen LogP contribution >= 0.6 is 11.6 Å². The van der Waals surface area contributed by atoms with Gasteiger partial charge in [-0.1, -0.05) is 11.6 Å². The van der Waals surface area contributed by atoms with Gasteiger partial charge in [0.15, 0.2) is 0 Å². The lowest BCUT2D eigenvalue weighted by Gasteiger charge is -2.27. The molecule has 6 nitrogen and oxygen atoms in total. The minimum atomic E-state index is -0.280. The van der Waals surface area contributed by atoms with E-state index in [-0.39, 0.29) is 18.4 Å². The van der Waals surface area contributed by atoms with Crippen molar-refractivity contribution in [2.75, 3.05) is 19.7 Å². The lowest BCUT2D eigenvalue weighted by molar-refractivity contribution is -0.131. The second-order valence-corrected chi connectivity index (χ2v) is 7.41. The van der Waals surface area contributed by atoms with Crippen LogP contribution in [0, 0.1) is 0 Å². The van der Waals surface area contributed by atoms with Gasteiger partial charge in [-0.25, -0.2) is 0 Å². The van der Waals surface area contributed by atoms with Gasteiger partial charge in [-0.15, -0.1) is 0 Å². The summed E-state index contributed by atoms with van der Waals surface area (Å²) in [6.07, 6.45) is 0.750. The molecule has 0 bridgehead atoms. The zero-order valence-electron chi connectivity index (χ0n) is 16.1. The van der Waals surface area contributed by atoms with Crippen LogP contribution < -0.4 is 10.1 Å². The molecule has 2 aromatic carbocycles. The Kier molecular flexibility index (Phi) is 5.45. The van der Waals surface area contributed by atoms with Crippen molar-refractivity contribution in [1.82, 2.24) is 15.2 Å². The van der Waals surface area contributed by atoms with E-state index in [9.17, 15) is 9.59 Å².